The zero-order chi connectivity index (χ0) is 20.1. The second-order valence-electron chi connectivity index (χ2n) is 6.48. The summed E-state index contributed by atoms with van der Waals surface area (Å²) in [5, 5.41) is 7.54. The number of amides is 2. The molecule has 0 aliphatic carbocycles. The number of H-pyrrole nitrogens is 1. The molecule has 0 aliphatic rings. The van der Waals surface area contributed by atoms with Crippen molar-refractivity contribution in [2.45, 2.75) is 26.2 Å². The molecule has 8 heteroatoms. The minimum Gasteiger partial charge on any atom is -0.328 e. The summed E-state index contributed by atoms with van der Waals surface area (Å²) < 4.78 is 0. The number of carbonyl (C=O) groups is 2. The van der Waals surface area contributed by atoms with Crippen LogP contribution in [0.4, 0.5) is 10.8 Å². The Morgan fingerprint density at radius 3 is 2.68 bits per heavy atom. The van der Waals surface area contributed by atoms with E-state index in [0.29, 0.717) is 16.7 Å². The fourth-order valence-corrected chi connectivity index (χ4v) is 3.39. The van der Waals surface area contributed by atoms with Gasteiger partial charge in [-0.05, 0) is 29.7 Å². The lowest BCUT2D eigenvalue weighted by molar-refractivity contribution is -0.115. The van der Waals surface area contributed by atoms with Gasteiger partial charge in [-0.15, -0.1) is 11.3 Å². The van der Waals surface area contributed by atoms with E-state index in [4.69, 9.17) is 0 Å². The fraction of sp³-hybridized carbons (Fsp3) is 0.200. The van der Waals surface area contributed by atoms with Crippen molar-refractivity contribution in [3.05, 3.63) is 75.1 Å². The molecule has 28 heavy (non-hydrogen) atoms. The molecule has 2 heterocycles. The number of nitrogens with zero attached hydrogens (tertiary/aromatic N) is 1. The Hall–Kier alpha value is -3.26. The summed E-state index contributed by atoms with van der Waals surface area (Å²) in [4.78, 5) is 42.9. The van der Waals surface area contributed by atoms with Crippen LogP contribution in [0.3, 0.4) is 0 Å². The Balaban J connectivity index is 1.63. The Bertz CT molecular complexity index is 1060. The highest BCUT2D eigenvalue weighted by Gasteiger charge is 2.14. The summed E-state index contributed by atoms with van der Waals surface area (Å²) in [5.74, 6) is -0.437. The van der Waals surface area contributed by atoms with Crippen LogP contribution in [0.25, 0.3) is 0 Å². The smallest absolute Gasteiger partial charge is 0.263 e. The third-order valence-electron chi connectivity index (χ3n) is 4.03. The third-order valence-corrected chi connectivity index (χ3v) is 4.84. The molecule has 0 atom stereocenters. The van der Waals surface area contributed by atoms with Gasteiger partial charge in [0.05, 0.1) is 12.1 Å². The van der Waals surface area contributed by atoms with Crippen LogP contribution >= 0.6 is 11.3 Å². The van der Waals surface area contributed by atoms with Crippen molar-refractivity contribution in [1.29, 1.82) is 0 Å². The molecule has 0 bridgehead atoms. The molecule has 0 saturated carbocycles. The normalized spacial score (nSPS) is 10.7. The number of para-hydroxylation sites is 1. The summed E-state index contributed by atoms with van der Waals surface area (Å²) in [7, 11) is 0. The van der Waals surface area contributed by atoms with E-state index >= 15 is 0 Å². The maximum absolute atomic E-state index is 12.4. The number of hydrogen-bond acceptors (Lipinski definition) is 5. The first-order valence-electron chi connectivity index (χ1n) is 8.76. The van der Waals surface area contributed by atoms with Crippen LogP contribution in [0.5, 0.6) is 0 Å². The molecular weight excluding hydrogens is 376 g/mol. The lowest BCUT2D eigenvalue weighted by Crippen LogP contribution is -2.22. The number of nitrogens with one attached hydrogen (secondary N) is 3. The highest BCUT2D eigenvalue weighted by Crippen LogP contribution is 2.24. The second-order valence-corrected chi connectivity index (χ2v) is 7.34. The topological polar surface area (TPSA) is 104 Å². The standard InChI is InChI=1S/C20H20N4O3S/c1-12(2)14-6-3-4-8-16(14)23-17(25)10-13-11-28-20(22-13)24-19(27)15-7-5-9-21-18(15)26/h3-9,11-12H,10H2,1-2H3,(H,21,26)(H,23,25)(H,22,24,27). The fourth-order valence-electron chi connectivity index (χ4n) is 2.68. The molecule has 3 rings (SSSR count). The Morgan fingerprint density at radius 2 is 1.93 bits per heavy atom. The summed E-state index contributed by atoms with van der Waals surface area (Å²) in [5.41, 5.74) is 1.92. The number of pyridine rings is 1. The highest BCUT2D eigenvalue weighted by atomic mass is 32.1. The molecule has 1 aromatic carbocycles. The number of carbonyl (C=O) groups excluding carboxylic acids is 2. The van der Waals surface area contributed by atoms with Crippen LogP contribution < -0.4 is 16.2 Å². The van der Waals surface area contributed by atoms with Gasteiger partial charge in [-0.3, -0.25) is 19.7 Å². The van der Waals surface area contributed by atoms with E-state index in [-0.39, 0.29) is 17.9 Å². The molecule has 2 aromatic heterocycles. The molecule has 0 saturated heterocycles. The zero-order valence-electron chi connectivity index (χ0n) is 15.5. The largest absolute Gasteiger partial charge is 0.328 e. The summed E-state index contributed by atoms with van der Waals surface area (Å²) >= 11 is 1.20. The molecule has 0 radical (unpaired) electrons. The van der Waals surface area contributed by atoms with Crippen LogP contribution in [-0.2, 0) is 11.2 Å². The van der Waals surface area contributed by atoms with Crippen LogP contribution in [0, 0.1) is 0 Å². The lowest BCUT2D eigenvalue weighted by Gasteiger charge is -2.13. The first-order chi connectivity index (χ1) is 13.4. The zero-order valence-corrected chi connectivity index (χ0v) is 16.3. The van der Waals surface area contributed by atoms with E-state index < -0.39 is 11.5 Å². The van der Waals surface area contributed by atoms with Gasteiger partial charge in [-0.2, -0.15) is 0 Å². The Kier molecular flexibility index (Phi) is 6.00. The van der Waals surface area contributed by atoms with E-state index in [1.54, 1.807) is 11.4 Å². The van der Waals surface area contributed by atoms with Crippen molar-refractivity contribution in [3.8, 4) is 0 Å². The van der Waals surface area contributed by atoms with Crippen LogP contribution in [0.1, 0.15) is 41.4 Å². The molecule has 0 aliphatic heterocycles. The summed E-state index contributed by atoms with van der Waals surface area (Å²) in [6.45, 7) is 4.14. The molecule has 0 fully saturated rings. The van der Waals surface area contributed by atoms with E-state index in [0.717, 1.165) is 11.3 Å². The number of benzene rings is 1. The van der Waals surface area contributed by atoms with Crippen molar-refractivity contribution in [3.63, 3.8) is 0 Å². The average molecular weight is 396 g/mol. The summed E-state index contributed by atoms with van der Waals surface area (Å²) in [6.07, 6.45) is 1.54. The molecular formula is C20H20N4O3S. The van der Waals surface area contributed by atoms with E-state index in [1.807, 2.05) is 24.3 Å². The van der Waals surface area contributed by atoms with Gasteiger partial charge >= 0.3 is 0 Å². The molecule has 0 unspecified atom stereocenters. The molecule has 3 aromatic rings. The SMILES string of the molecule is CC(C)c1ccccc1NC(=O)Cc1csc(NC(=O)c2ccc[nH]c2=O)n1. The van der Waals surface area contributed by atoms with Gasteiger partial charge in [0.25, 0.3) is 11.5 Å². The highest BCUT2D eigenvalue weighted by molar-refractivity contribution is 7.14. The number of aromatic amines is 1. The van der Waals surface area contributed by atoms with E-state index in [2.05, 4.69) is 34.4 Å². The number of hydrogen-bond donors (Lipinski definition) is 3. The number of aromatic nitrogens is 2. The molecule has 7 nitrogen and oxygen atoms in total. The van der Waals surface area contributed by atoms with Gasteiger partial charge in [-0.1, -0.05) is 32.0 Å². The number of thiazole rings is 1. The molecule has 0 spiro atoms. The van der Waals surface area contributed by atoms with E-state index in [9.17, 15) is 14.4 Å². The van der Waals surface area contributed by atoms with Crippen molar-refractivity contribution in [2.75, 3.05) is 10.6 Å². The first kappa shape index (κ1) is 19.5. The molecule has 144 valence electrons. The van der Waals surface area contributed by atoms with Crippen molar-refractivity contribution < 1.29 is 9.59 Å². The molecule has 2 amide bonds. The van der Waals surface area contributed by atoms with Crippen molar-refractivity contribution >= 4 is 34.0 Å². The van der Waals surface area contributed by atoms with Gasteiger partial charge in [0.15, 0.2) is 5.13 Å². The number of rotatable bonds is 6. The van der Waals surface area contributed by atoms with Gasteiger partial charge in [-0.25, -0.2) is 4.98 Å². The average Bonchev–Trinajstić information content (AvgIpc) is 3.08. The second kappa shape index (κ2) is 8.62. The van der Waals surface area contributed by atoms with Gasteiger partial charge in [0.1, 0.15) is 5.56 Å². The number of anilines is 2. The van der Waals surface area contributed by atoms with Gasteiger partial charge < -0.3 is 10.3 Å². The van der Waals surface area contributed by atoms with Crippen LogP contribution in [0.2, 0.25) is 0 Å². The maximum Gasteiger partial charge on any atom is 0.263 e. The third kappa shape index (κ3) is 4.72. The lowest BCUT2D eigenvalue weighted by atomic mass is 10.0. The summed E-state index contributed by atoms with van der Waals surface area (Å²) in [6, 6.07) is 10.7. The van der Waals surface area contributed by atoms with Gasteiger partial charge in [0, 0.05) is 17.3 Å². The van der Waals surface area contributed by atoms with Crippen molar-refractivity contribution in [2.24, 2.45) is 0 Å². The van der Waals surface area contributed by atoms with Crippen LogP contribution in [-0.4, -0.2) is 21.8 Å². The Morgan fingerprint density at radius 1 is 1.14 bits per heavy atom. The first-order valence-corrected chi connectivity index (χ1v) is 9.64. The minimum atomic E-state index is -0.543. The van der Waals surface area contributed by atoms with Crippen molar-refractivity contribution in [1.82, 2.24) is 9.97 Å². The molecule has 3 N–H and O–H groups in total. The monoisotopic (exact) mass is 396 g/mol. The predicted octanol–water partition coefficient (Wildman–Crippen LogP) is 3.39. The Labute approximate surface area is 165 Å². The predicted molar refractivity (Wildman–Crippen MR) is 110 cm³/mol. The van der Waals surface area contributed by atoms with E-state index in [1.165, 1.54) is 23.6 Å². The quantitative estimate of drug-likeness (QED) is 0.594. The van der Waals surface area contributed by atoms with Gasteiger partial charge in [0.2, 0.25) is 5.91 Å². The maximum atomic E-state index is 12.4. The van der Waals surface area contributed by atoms with Crippen LogP contribution in [0.15, 0.2) is 52.8 Å². The minimum absolute atomic E-state index is 0.00212.